The van der Waals surface area contributed by atoms with E-state index in [4.69, 9.17) is 0 Å². The number of benzene rings is 2. The Kier molecular flexibility index (Phi) is 4.63. The first-order chi connectivity index (χ1) is 13.3. The van der Waals surface area contributed by atoms with Crippen molar-refractivity contribution in [3.05, 3.63) is 87.5 Å². The summed E-state index contributed by atoms with van der Waals surface area (Å²) < 4.78 is 15.8. The van der Waals surface area contributed by atoms with Gasteiger partial charge in [-0.2, -0.15) is 0 Å². The molecule has 0 radical (unpaired) electrons. The van der Waals surface area contributed by atoms with Gasteiger partial charge in [-0.05, 0) is 34.2 Å². The predicted molar refractivity (Wildman–Crippen MR) is 114 cm³/mol. The van der Waals surface area contributed by atoms with Crippen molar-refractivity contribution in [2.24, 2.45) is 0 Å². The maximum Gasteiger partial charge on any atom is 0.271 e. The molecule has 0 aliphatic rings. The van der Waals surface area contributed by atoms with Crippen molar-refractivity contribution in [3.8, 4) is 11.1 Å². The lowest BCUT2D eigenvalue weighted by molar-refractivity contribution is 0.589. The van der Waals surface area contributed by atoms with Gasteiger partial charge in [0.15, 0.2) is 0 Å². The van der Waals surface area contributed by atoms with E-state index in [0.29, 0.717) is 16.8 Å². The largest absolute Gasteiger partial charge is 0.294 e. The lowest BCUT2D eigenvalue weighted by Gasteiger charge is -2.19. The zero-order valence-electron chi connectivity index (χ0n) is 16.1. The van der Waals surface area contributed by atoms with Crippen LogP contribution in [0.5, 0.6) is 0 Å². The van der Waals surface area contributed by atoms with E-state index in [9.17, 15) is 9.18 Å². The fourth-order valence-corrected chi connectivity index (χ4v) is 4.20. The van der Waals surface area contributed by atoms with Crippen LogP contribution in [0, 0.1) is 5.82 Å². The van der Waals surface area contributed by atoms with Crippen LogP contribution in [0.2, 0.25) is 0 Å². The van der Waals surface area contributed by atoms with Crippen molar-refractivity contribution in [1.82, 2.24) is 9.55 Å². The zero-order chi connectivity index (χ0) is 19.9. The third-order valence-corrected chi connectivity index (χ3v) is 5.81. The highest BCUT2D eigenvalue weighted by Gasteiger charge is 2.15. The number of nitrogens with zero attached hydrogens (tertiary/aromatic N) is 2. The van der Waals surface area contributed by atoms with Crippen LogP contribution in [0.15, 0.2) is 65.0 Å². The Morgan fingerprint density at radius 3 is 2.54 bits per heavy atom. The quantitative estimate of drug-likeness (QED) is 0.454. The molecule has 0 saturated carbocycles. The van der Waals surface area contributed by atoms with E-state index in [-0.39, 0.29) is 16.8 Å². The van der Waals surface area contributed by atoms with Crippen LogP contribution in [0.3, 0.4) is 0 Å². The monoisotopic (exact) mass is 392 g/mol. The van der Waals surface area contributed by atoms with Gasteiger partial charge in [0.25, 0.3) is 5.56 Å². The lowest BCUT2D eigenvalue weighted by atomic mass is 9.87. The van der Waals surface area contributed by atoms with Crippen molar-refractivity contribution in [2.45, 2.75) is 32.7 Å². The molecule has 3 nitrogen and oxygen atoms in total. The van der Waals surface area contributed by atoms with Gasteiger partial charge in [0, 0.05) is 10.9 Å². The number of aromatic nitrogens is 2. The third kappa shape index (κ3) is 3.50. The SMILES string of the molecule is CC(C)(C)c1ccc(Cn2cnc3c(-c4cccc(F)c4)csc3c2=O)cc1. The molecule has 0 unspecified atom stereocenters. The van der Waals surface area contributed by atoms with E-state index in [2.05, 4.69) is 50.0 Å². The van der Waals surface area contributed by atoms with Crippen molar-refractivity contribution in [3.63, 3.8) is 0 Å². The minimum Gasteiger partial charge on any atom is -0.294 e. The number of fused-ring (bicyclic) bond motifs is 1. The summed E-state index contributed by atoms with van der Waals surface area (Å²) in [5.41, 5.74) is 4.48. The van der Waals surface area contributed by atoms with Gasteiger partial charge in [0.05, 0.1) is 18.4 Å². The summed E-state index contributed by atoms with van der Waals surface area (Å²) in [6.07, 6.45) is 1.58. The second-order valence-corrected chi connectivity index (χ2v) is 8.84. The fourth-order valence-electron chi connectivity index (χ4n) is 3.22. The van der Waals surface area contributed by atoms with Gasteiger partial charge in [0.1, 0.15) is 10.5 Å². The maximum atomic E-state index is 13.6. The lowest BCUT2D eigenvalue weighted by Crippen LogP contribution is -2.20. The molecule has 2 aromatic carbocycles. The summed E-state index contributed by atoms with van der Waals surface area (Å²) in [6, 6.07) is 14.7. The van der Waals surface area contributed by atoms with E-state index in [0.717, 1.165) is 16.7 Å². The molecule has 0 spiro atoms. The highest BCUT2D eigenvalue weighted by molar-refractivity contribution is 7.17. The molecule has 2 aromatic heterocycles. The molecular formula is C23H21FN2OS. The van der Waals surface area contributed by atoms with Crippen LogP contribution >= 0.6 is 11.3 Å². The summed E-state index contributed by atoms with van der Waals surface area (Å²) in [6.45, 7) is 7.01. The van der Waals surface area contributed by atoms with E-state index in [1.807, 2.05) is 11.4 Å². The number of hydrogen-bond acceptors (Lipinski definition) is 3. The van der Waals surface area contributed by atoms with Crippen molar-refractivity contribution >= 4 is 21.6 Å². The second-order valence-electron chi connectivity index (χ2n) is 7.96. The molecule has 0 saturated heterocycles. The second kappa shape index (κ2) is 6.99. The van der Waals surface area contributed by atoms with Crippen molar-refractivity contribution in [1.29, 1.82) is 0 Å². The summed E-state index contributed by atoms with van der Waals surface area (Å²) in [5.74, 6) is -0.302. The molecule has 28 heavy (non-hydrogen) atoms. The van der Waals surface area contributed by atoms with E-state index in [1.165, 1.54) is 29.0 Å². The highest BCUT2D eigenvalue weighted by Crippen LogP contribution is 2.31. The normalized spacial score (nSPS) is 11.9. The first kappa shape index (κ1) is 18.6. The van der Waals surface area contributed by atoms with Crippen molar-refractivity contribution < 1.29 is 4.39 Å². The summed E-state index contributed by atoms with van der Waals surface area (Å²) >= 11 is 1.35. The molecule has 0 aliphatic carbocycles. The number of rotatable bonds is 3. The standard InChI is InChI=1S/C23H21FN2OS/c1-23(2,3)17-9-7-15(8-10-17)12-26-14-25-20-19(13-28-21(20)22(26)27)16-5-4-6-18(24)11-16/h4-11,13-14H,12H2,1-3H3. The van der Waals surface area contributed by atoms with Gasteiger partial charge >= 0.3 is 0 Å². The van der Waals surface area contributed by atoms with E-state index in [1.54, 1.807) is 17.0 Å². The first-order valence-corrected chi connectivity index (χ1v) is 10.0. The molecule has 0 N–H and O–H groups in total. The number of hydrogen-bond donors (Lipinski definition) is 0. The van der Waals surface area contributed by atoms with Crippen LogP contribution in [0.25, 0.3) is 21.3 Å². The molecule has 2 heterocycles. The van der Waals surface area contributed by atoms with Gasteiger partial charge in [-0.1, -0.05) is 57.2 Å². The van der Waals surface area contributed by atoms with Crippen molar-refractivity contribution in [2.75, 3.05) is 0 Å². The van der Waals surface area contributed by atoms with Gasteiger partial charge in [-0.15, -0.1) is 11.3 Å². The molecule has 4 aromatic rings. The number of halogens is 1. The predicted octanol–water partition coefficient (Wildman–Crippen LogP) is 5.61. The Balaban J connectivity index is 1.68. The van der Waals surface area contributed by atoms with Gasteiger partial charge in [0.2, 0.25) is 0 Å². The summed E-state index contributed by atoms with van der Waals surface area (Å²) in [7, 11) is 0. The summed E-state index contributed by atoms with van der Waals surface area (Å²) in [4.78, 5) is 17.4. The number of thiophene rings is 1. The molecule has 0 fully saturated rings. The fraction of sp³-hybridized carbons (Fsp3) is 0.217. The Hall–Kier alpha value is -2.79. The van der Waals surface area contributed by atoms with Crippen LogP contribution in [-0.2, 0) is 12.0 Å². The minimum atomic E-state index is -0.302. The Labute approximate surface area is 167 Å². The van der Waals surface area contributed by atoms with Crippen LogP contribution < -0.4 is 5.56 Å². The molecule has 0 atom stereocenters. The topological polar surface area (TPSA) is 34.9 Å². The molecule has 5 heteroatoms. The molecule has 0 aliphatic heterocycles. The van der Waals surface area contributed by atoms with Gasteiger partial charge in [-0.25, -0.2) is 9.37 Å². The van der Waals surface area contributed by atoms with Crippen LogP contribution in [0.1, 0.15) is 31.9 Å². The average molecular weight is 392 g/mol. The Morgan fingerprint density at radius 1 is 1.11 bits per heavy atom. The molecular weight excluding hydrogens is 371 g/mol. The van der Waals surface area contributed by atoms with Gasteiger partial charge in [-0.3, -0.25) is 9.36 Å². The Morgan fingerprint density at radius 2 is 1.86 bits per heavy atom. The smallest absolute Gasteiger partial charge is 0.271 e. The van der Waals surface area contributed by atoms with E-state index < -0.39 is 0 Å². The van der Waals surface area contributed by atoms with Crippen LogP contribution in [0.4, 0.5) is 4.39 Å². The minimum absolute atomic E-state index is 0.0717. The average Bonchev–Trinajstić information content (AvgIpc) is 3.09. The highest BCUT2D eigenvalue weighted by atomic mass is 32.1. The third-order valence-electron chi connectivity index (χ3n) is 4.85. The summed E-state index contributed by atoms with van der Waals surface area (Å²) in [5, 5.41) is 1.87. The first-order valence-electron chi connectivity index (χ1n) is 9.15. The van der Waals surface area contributed by atoms with Gasteiger partial charge < -0.3 is 0 Å². The zero-order valence-corrected chi connectivity index (χ0v) is 16.9. The van der Waals surface area contributed by atoms with E-state index >= 15 is 0 Å². The molecule has 0 amide bonds. The molecule has 4 rings (SSSR count). The molecule has 0 bridgehead atoms. The van der Waals surface area contributed by atoms with Crippen LogP contribution in [-0.4, -0.2) is 9.55 Å². The maximum absolute atomic E-state index is 13.6. The molecule has 142 valence electrons. The Bertz CT molecular complexity index is 1200.